The number of carbonyl (C=O) groups is 4. The number of carboxylic acid groups (broad SMARTS) is 1. The summed E-state index contributed by atoms with van der Waals surface area (Å²) >= 11 is 0. The highest BCUT2D eigenvalue weighted by molar-refractivity contribution is 6.24. The zero-order valence-corrected chi connectivity index (χ0v) is 20.8. The molecule has 1 fully saturated rings. The van der Waals surface area contributed by atoms with Gasteiger partial charge in [-0.3, -0.25) is 19.3 Å². The van der Waals surface area contributed by atoms with E-state index in [9.17, 15) is 48.0 Å². The van der Waals surface area contributed by atoms with E-state index in [0.717, 1.165) is 0 Å². The molecule has 0 heterocycles. The van der Waals surface area contributed by atoms with Crippen molar-refractivity contribution in [3.63, 3.8) is 0 Å². The fourth-order valence-electron chi connectivity index (χ4n) is 5.48. The summed E-state index contributed by atoms with van der Waals surface area (Å²) in [6, 6.07) is 1.92. The summed E-state index contributed by atoms with van der Waals surface area (Å²) in [5.41, 5.74) is 2.98. The molecule has 0 spiro atoms. The number of rotatable bonds is 3. The highest BCUT2D eigenvalue weighted by Gasteiger charge is 2.64. The molecule has 8 N–H and O–H groups in total. The largest absolute Gasteiger partial charge is 0.508 e. The Labute approximate surface area is 218 Å². The zero-order chi connectivity index (χ0) is 29.8. The maximum atomic E-state index is 13.6. The van der Waals surface area contributed by atoms with Crippen LogP contribution in [-0.2, 0) is 25.6 Å². The van der Waals surface area contributed by atoms with E-state index in [1.165, 1.54) is 11.0 Å². The first-order chi connectivity index (χ1) is 17.9. The molecule has 0 aliphatic heterocycles. The van der Waals surface area contributed by atoms with E-state index < -0.39 is 70.2 Å². The van der Waals surface area contributed by atoms with Crippen molar-refractivity contribution >= 4 is 34.9 Å². The van der Waals surface area contributed by atoms with Gasteiger partial charge in [-0.2, -0.15) is 13.2 Å². The maximum Gasteiger partial charge on any atom is 0.490 e. The van der Waals surface area contributed by atoms with Crippen molar-refractivity contribution in [2.75, 3.05) is 26.5 Å². The van der Waals surface area contributed by atoms with Crippen molar-refractivity contribution < 1.29 is 57.9 Å². The number of phenols is 1. The average molecular weight is 557 g/mol. The van der Waals surface area contributed by atoms with Gasteiger partial charge in [-0.15, -0.1) is 0 Å². The van der Waals surface area contributed by atoms with E-state index in [1.807, 2.05) is 0 Å². The molecule has 0 radical (unpaired) electrons. The van der Waals surface area contributed by atoms with E-state index in [4.69, 9.17) is 15.6 Å². The van der Waals surface area contributed by atoms with Crippen LogP contribution in [0.2, 0.25) is 0 Å². The zero-order valence-electron chi connectivity index (χ0n) is 20.8. The summed E-state index contributed by atoms with van der Waals surface area (Å²) in [6.07, 6.45) is -4.77. The van der Waals surface area contributed by atoms with Gasteiger partial charge in [-0.05, 0) is 50.6 Å². The summed E-state index contributed by atoms with van der Waals surface area (Å²) in [7, 11) is 4.80. The summed E-state index contributed by atoms with van der Waals surface area (Å²) in [4.78, 5) is 48.9. The van der Waals surface area contributed by atoms with Gasteiger partial charge in [0, 0.05) is 24.2 Å². The Morgan fingerprint density at radius 1 is 1.15 bits per heavy atom. The van der Waals surface area contributed by atoms with Crippen LogP contribution in [0.3, 0.4) is 0 Å². The Hall–Kier alpha value is -4.11. The molecule has 1 saturated carbocycles. The molecule has 4 rings (SSSR count). The smallest absolute Gasteiger partial charge is 0.490 e. The monoisotopic (exact) mass is 557 g/mol. The number of aromatic hydroxyl groups is 1. The number of anilines is 1. The van der Waals surface area contributed by atoms with Crippen LogP contribution in [0, 0.1) is 11.8 Å². The lowest BCUT2D eigenvalue weighted by molar-refractivity contribution is -0.192. The molecular formula is C24H26F3N3O9. The second kappa shape index (κ2) is 9.89. The van der Waals surface area contributed by atoms with Gasteiger partial charge in [0.25, 0.3) is 5.91 Å². The molecule has 0 bridgehead atoms. The normalized spacial score (nSPS) is 26.3. The molecule has 1 amide bonds. The van der Waals surface area contributed by atoms with Gasteiger partial charge in [0.05, 0.1) is 11.6 Å². The molecule has 15 heteroatoms. The number of aliphatic hydroxyl groups is 3. The number of nitrogens with zero attached hydrogens (tertiary/aromatic N) is 1. The number of primary amides is 1. The number of aliphatic carboxylic acids is 1. The van der Waals surface area contributed by atoms with Gasteiger partial charge >= 0.3 is 12.1 Å². The van der Waals surface area contributed by atoms with Crippen LogP contribution in [0.4, 0.5) is 18.9 Å². The number of halogens is 3. The van der Waals surface area contributed by atoms with Gasteiger partial charge in [0.15, 0.2) is 11.4 Å². The first kappa shape index (κ1) is 29.4. The highest BCUT2D eigenvalue weighted by atomic mass is 19.4. The Kier molecular flexibility index (Phi) is 7.47. The second-order valence-corrected chi connectivity index (χ2v) is 9.50. The van der Waals surface area contributed by atoms with Crippen LogP contribution in [0.5, 0.6) is 5.75 Å². The van der Waals surface area contributed by atoms with Crippen molar-refractivity contribution in [1.29, 1.82) is 0 Å². The van der Waals surface area contributed by atoms with Crippen LogP contribution in [0.25, 0.3) is 5.76 Å². The summed E-state index contributed by atoms with van der Waals surface area (Å²) < 4.78 is 31.7. The van der Waals surface area contributed by atoms with Crippen LogP contribution in [-0.4, -0.2) is 92.8 Å². The third-order valence-corrected chi connectivity index (χ3v) is 7.12. The van der Waals surface area contributed by atoms with Crippen molar-refractivity contribution in [3.05, 3.63) is 40.2 Å². The molecule has 1 aromatic carbocycles. The van der Waals surface area contributed by atoms with Crippen LogP contribution >= 0.6 is 0 Å². The average Bonchev–Trinajstić information content (AvgIpc) is 2.81. The lowest BCUT2D eigenvalue weighted by Gasteiger charge is -2.50. The molecule has 3 aliphatic rings. The minimum atomic E-state index is -5.08. The molecule has 1 aromatic rings. The van der Waals surface area contributed by atoms with Gasteiger partial charge < -0.3 is 36.6 Å². The SMILES string of the molecule is CNc1ccc(O)c2c1C[C@H]1C[C@H]3[C@H](N(C)C)C(=O)C(C(N)=O)=C(O)[C@@]3(O)C(=O)C1=C2O.O=C(O)C(F)(F)F. The Bertz CT molecular complexity index is 1340. The van der Waals surface area contributed by atoms with E-state index in [0.29, 0.717) is 11.3 Å². The number of nitrogens with one attached hydrogen (secondary N) is 1. The number of hydrogen-bond donors (Lipinski definition) is 7. The Morgan fingerprint density at radius 2 is 1.72 bits per heavy atom. The van der Waals surface area contributed by atoms with Gasteiger partial charge in [0.2, 0.25) is 5.78 Å². The van der Waals surface area contributed by atoms with Crippen molar-refractivity contribution in [1.82, 2.24) is 4.90 Å². The summed E-state index contributed by atoms with van der Waals surface area (Å²) in [6.45, 7) is 0. The van der Waals surface area contributed by atoms with Crippen molar-refractivity contribution in [2.45, 2.75) is 30.7 Å². The molecule has 12 nitrogen and oxygen atoms in total. The molecule has 3 aliphatic carbocycles. The standard InChI is InChI=1S/C22H25N3O7.C2HF3O2/c1-24-11-4-5-12(26)14-9(11)6-8-7-10-16(25(2)3)18(28)15(21(23)31)20(30)22(10,32)19(29)13(8)17(14)27;3-2(4,5)1(6)7/h4-5,8,10,16,24,26-27,30,32H,6-7H2,1-3H3,(H2,23,31);(H,6,7)/t8-,10-,16-,22-;/m0./s1. The molecule has 4 atom stereocenters. The molecule has 0 unspecified atom stereocenters. The van der Waals surface area contributed by atoms with E-state index in [-0.39, 0.29) is 29.7 Å². The number of carbonyl (C=O) groups excluding carboxylic acids is 3. The van der Waals surface area contributed by atoms with Crippen LogP contribution in [0.15, 0.2) is 29.0 Å². The number of phenolic OH excluding ortho intramolecular Hbond substituents is 1. The van der Waals surface area contributed by atoms with E-state index in [2.05, 4.69) is 5.32 Å². The van der Waals surface area contributed by atoms with Crippen molar-refractivity contribution in [3.8, 4) is 5.75 Å². The molecular weight excluding hydrogens is 531 g/mol. The van der Waals surface area contributed by atoms with Crippen molar-refractivity contribution in [2.24, 2.45) is 17.6 Å². The number of aliphatic hydroxyl groups excluding tert-OH is 2. The Morgan fingerprint density at radius 3 is 2.18 bits per heavy atom. The van der Waals surface area contributed by atoms with E-state index >= 15 is 0 Å². The predicted molar refractivity (Wildman–Crippen MR) is 127 cm³/mol. The lowest BCUT2D eigenvalue weighted by atomic mass is 9.57. The maximum absolute atomic E-state index is 13.6. The number of benzene rings is 1. The third-order valence-electron chi connectivity index (χ3n) is 7.12. The topological polar surface area (TPSA) is 211 Å². The summed E-state index contributed by atoms with van der Waals surface area (Å²) in [5.74, 6) is -9.33. The molecule has 0 saturated heterocycles. The molecule has 0 aromatic heterocycles. The third kappa shape index (κ3) is 4.57. The van der Waals surface area contributed by atoms with Gasteiger partial charge in [0.1, 0.15) is 22.8 Å². The number of Topliss-reactive ketones (excluding diaryl/α,β-unsaturated/α-hetero) is 2. The van der Waals surface area contributed by atoms with Gasteiger partial charge in [-0.25, -0.2) is 4.79 Å². The molecule has 212 valence electrons. The van der Waals surface area contributed by atoms with Crippen LogP contribution in [0.1, 0.15) is 17.5 Å². The minimum absolute atomic E-state index is 0.0601. The Balaban J connectivity index is 0.000000532. The number of likely N-dealkylation sites (N-methyl/N-ethyl adjacent to an activating group) is 1. The lowest BCUT2D eigenvalue weighted by Crippen LogP contribution is -2.65. The fraction of sp³-hybridized carbons (Fsp3) is 0.417. The number of carboxylic acids is 1. The number of nitrogens with two attached hydrogens (primary N) is 1. The first-order valence-corrected chi connectivity index (χ1v) is 11.4. The van der Waals surface area contributed by atoms with Crippen LogP contribution < -0.4 is 11.1 Å². The predicted octanol–water partition coefficient (Wildman–Crippen LogP) is 0.639. The number of amides is 1. The number of ketones is 2. The first-order valence-electron chi connectivity index (χ1n) is 11.4. The molecule has 39 heavy (non-hydrogen) atoms. The van der Waals surface area contributed by atoms with E-state index in [1.54, 1.807) is 27.2 Å². The number of alkyl halides is 3. The van der Waals surface area contributed by atoms with Gasteiger partial charge in [-0.1, -0.05) is 0 Å². The number of fused-ring (bicyclic) bond motifs is 3. The highest BCUT2D eigenvalue weighted by Crippen LogP contribution is 2.53. The number of hydrogen-bond acceptors (Lipinski definition) is 10. The summed E-state index contributed by atoms with van der Waals surface area (Å²) in [5, 5.41) is 53.7. The fourth-order valence-corrected chi connectivity index (χ4v) is 5.48. The quantitative estimate of drug-likeness (QED) is 0.202. The second-order valence-electron chi connectivity index (χ2n) is 9.50. The minimum Gasteiger partial charge on any atom is -0.508 e.